The van der Waals surface area contributed by atoms with E-state index in [9.17, 15) is 4.79 Å². The average molecular weight is 343 g/mol. The molecule has 0 atom stereocenters. The summed E-state index contributed by atoms with van der Waals surface area (Å²) in [6, 6.07) is 0. The zero-order valence-electron chi connectivity index (χ0n) is 13.5. The molecule has 0 amide bonds. The van der Waals surface area contributed by atoms with E-state index < -0.39 is 0 Å². The maximum atomic E-state index is 12.8. The number of fused-ring (bicyclic) bond motifs is 2. The average Bonchev–Trinajstić information content (AvgIpc) is 3.29. The highest BCUT2D eigenvalue weighted by Gasteiger charge is 2.19. The minimum absolute atomic E-state index is 0.176. The SMILES string of the molecule is CCCCCn1c2nc(-c3nccs3)[nH]c2c(=O)n2c(C)nnc12. The molecular weight excluding hydrogens is 326 g/mol. The highest BCUT2D eigenvalue weighted by Crippen LogP contribution is 2.22. The number of H-pyrrole nitrogens is 1. The van der Waals surface area contributed by atoms with Gasteiger partial charge in [0, 0.05) is 18.1 Å². The second-order valence-corrected chi connectivity index (χ2v) is 6.56. The van der Waals surface area contributed by atoms with Crippen molar-refractivity contribution in [1.29, 1.82) is 0 Å². The van der Waals surface area contributed by atoms with E-state index in [1.165, 1.54) is 15.7 Å². The summed E-state index contributed by atoms with van der Waals surface area (Å²) < 4.78 is 3.51. The minimum atomic E-state index is -0.176. The first-order valence-electron chi connectivity index (χ1n) is 7.94. The molecule has 4 aromatic heterocycles. The van der Waals surface area contributed by atoms with Crippen molar-refractivity contribution in [2.24, 2.45) is 0 Å². The Hall–Kier alpha value is -2.55. The van der Waals surface area contributed by atoms with Crippen LogP contribution in [-0.2, 0) is 6.54 Å². The van der Waals surface area contributed by atoms with E-state index in [-0.39, 0.29) is 5.56 Å². The number of rotatable bonds is 5. The van der Waals surface area contributed by atoms with Gasteiger partial charge in [-0.3, -0.25) is 9.36 Å². The third-order valence-electron chi connectivity index (χ3n) is 4.03. The molecule has 124 valence electrons. The molecule has 0 saturated heterocycles. The minimum Gasteiger partial charge on any atom is -0.330 e. The Balaban J connectivity index is 2.00. The molecule has 0 radical (unpaired) electrons. The van der Waals surface area contributed by atoms with Crippen LogP contribution < -0.4 is 5.56 Å². The monoisotopic (exact) mass is 343 g/mol. The Morgan fingerprint density at radius 1 is 1.29 bits per heavy atom. The second-order valence-electron chi connectivity index (χ2n) is 5.67. The molecule has 0 fully saturated rings. The molecular formula is C15H17N7OS. The lowest BCUT2D eigenvalue weighted by Crippen LogP contribution is -2.20. The van der Waals surface area contributed by atoms with Gasteiger partial charge in [0.05, 0.1) is 0 Å². The normalized spacial score (nSPS) is 11.8. The Kier molecular flexibility index (Phi) is 3.64. The molecule has 4 aromatic rings. The number of unbranched alkanes of at least 4 members (excludes halogenated alkanes) is 2. The lowest BCUT2D eigenvalue weighted by molar-refractivity contribution is 0.612. The standard InChI is InChI=1S/C15H17N7OS/c1-3-4-5-7-21-12-10(14(23)22-9(2)19-20-15(21)22)17-11(18-12)13-16-6-8-24-13/h6,8H,3-5,7H2,1-2H3,(H,17,18). The number of aromatic nitrogens is 7. The third-order valence-corrected chi connectivity index (χ3v) is 4.81. The smallest absolute Gasteiger partial charge is 0.286 e. The van der Waals surface area contributed by atoms with Crippen molar-refractivity contribution in [3.63, 3.8) is 0 Å². The number of aromatic amines is 1. The van der Waals surface area contributed by atoms with Crippen LogP contribution in [0.5, 0.6) is 0 Å². The maximum absolute atomic E-state index is 12.8. The van der Waals surface area contributed by atoms with Crippen molar-refractivity contribution in [1.82, 2.24) is 34.1 Å². The first-order valence-corrected chi connectivity index (χ1v) is 8.82. The predicted octanol–water partition coefficient (Wildman–Crippen LogP) is 2.39. The topological polar surface area (TPSA) is 93.8 Å². The van der Waals surface area contributed by atoms with Crippen LogP contribution in [-0.4, -0.2) is 34.1 Å². The van der Waals surface area contributed by atoms with E-state index in [4.69, 9.17) is 0 Å². The molecule has 4 rings (SSSR count). The molecule has 4 heterocycles. The highest BCUT2D eigenvalue weighted by atomic mass is 32.1. The van der Waals surface area contributed by atoms with Crippen LogP contribution in [0.2, 0.25) is 0 Å². The van der Waals surface area contributed by atoms with Gasteiger partial charge in [-0.1, -0.05) is 19.8 Å². The highest BCUT2D eigenvalue weighted by molar-refractivity contribution is 7.13. The van der Waals surface area contributed by atoms with Crippen LogP contribution >= 0.6 is 11.3 Å². The Morgan fingerprint density at radius 2 is 2.17 bits per heavy atom. The van der Waals surface area contributed by atoms with Crippen LogP contribution in [0, 0.1) is 6.92 Å². The molecule has 0 spiro atoms. The summed E-state index contributed by atoms with van der Waals surface area (Å²) in [5.74, 6) is 1.73. The van der Waals surface area contributed by atoms with Gasteiger partial charge in [0.1, 0.15) is 5.82 Å². The Bertz CT molecular complexity index is 1060. The molecule has 9 heteroatoms. The number of aryl methyl sites for hydroxylation is 2. The van der Waals surface area contributed by atoms with Gasteiger partial charge >= 0.3 is 0 Å². The quantitative estimate of drug-likeness (QED) is 0.562. The second kappa shape index (κ2) is 5.82. The number of thiazole rings is 1. The van der Waals surface area contributed by atoms with Gasteiger partial charge in [-0.2, -0.15) is 0 Å². The summed E-state index contributed by atoms with van der Waals surface area (Å²) in [6.07, 6.45) is 4.95. The zero-order chi connectivity index (χ0) is 16.7. The molecule has 0 aliphatic rings. The molecule has 0 bridgehead atoms. The van der Waals surface area contributed by atoms with Gasteiger partial charge in [0.2, 0.25) is 5.78 Å². The van der Waals surface area contributed by atoms with Crippen LogP contribution in [0.4, 0.5) is 0 Å². The van der Waals surface area contributed by atoms with E-state index >= 15 is 0 Å². The lowest BCUT2D eigenvalue weighted by Gasteiger charge is -2.08. The van der Waals surface area contributed by atoms with E-state index in [0.717, 1.165) is 30.8 Å². The van der Waals surface area contributed by atoms with E-state index in [2.05, 4.69) is 32.1 Å². The summed E-state index contributed by atoms with van der Waals surface area (Å²) in [7, 11) is 0. The van der Waals surface area contributed by atoms with Crippen molar-refractivity contribution in [3.8, 4) is 10.8 Å². The van der Waals surface area contributed by atoms with Gasteiger partial charge in [0.15, 0.2) is 22.0 Å². The van der Waals surface area contributed by atoms with E-state index in [1.54, 1.807) is 13.1 Å². The molecule has 8 nitrogen and oxygen atoms in total. The Labute approximate surface area is 141 Å². The van der Waals surface area contributed by atoms with Crippen molar-refractivity contribution < 1.29 is 0 Å². The van der Waals surface area contributed by atoms with Crippen molar-refractivity contribution in [2.75, 3.05) is 0 Å². The van der Waals surface area contributed by atoms with Crippen LogP contribution in [0.15, 0.2) is 16.4 Å². The van der Waals surface area contributed by atoms with Crippen LogP contribution in [0.25, 0.3) is 27.8 Å². The van der Waals surface area contributed by atoms with Crippen LogP contribution in [0.3, 0.4) is 0 Å². The molecule has 0 aliphatic carbocycles. The number of imidazole rings is 1. The van der Waals surface area contributed by atoms with E-state index in [1.807, 2.05) is 9.95 Å². The van der Waals surface area contributed by atoms with Crippen LogP contribution in [0.1, 0.15) is 32.0 Å². The summed E-state index contributed by atoms with van der Waals surface area (Å²) in [5, 5.41) is 10.9. The lowest BCUT2D eigenvalue weighted by atomic mass is 10.2. The fourth-order valence-corrected chi connectivity index (χ4v) is 3.43. The molecule has 0 unspecified atom stereocenters. The van der Waals surface area contributed by atoms with Gasteiger partial charge in [-0.25, -0.2) is 14.4 Å². The summed E-state index contributed by atoms with van der Waals surface area (Å²) in [6.45, 7) is 4.68. The largest absolute Gasteiger partial charge is 0.330 e. The summed E-state index contributed by atoms with van der Waals surface area (Å²) in [4.78, 5) is 24.8. The third kappa shape index (κ3) is 2.23. The molecule has 0 aliphatic heterocycles. The molecule has 0 saturated carbocycles. The van der Waals surface area contributed by atoms with Gasteiger partial charge in [-0.15, -0.1) is 21.5 Å². The summed E-state index contributed by atoms with van der Waals surface area (Å²) in [5.41, 5.74) is 0.901. The molecule has 1 N–H and O–H groups in total. The molecule has 24 heavy (non-hydrogen) atoms. The maximum Gasteiger partial charge on any atom is 0.286 e. The van der Waals surface area contributed by atoms with Crippen molar-refractivity contribution >= 4 is 28.3 Å². The fourth-order valence-electron chi connectivity index (χ4n) is 2.85. The number of nitrogens with one attached hydrogen (secondary N) is 1. The number of hydrogen-bond donors (Lipinski definition) is 1. The van der Waals surface area contributed by atoms with Gasteiger partial charge < -0.3 is 4.98 Å². The number of hydrogen-bond acceptors (Lipinski definition) is 6. The van der Waals surface area contributed by atoms with Gasteiger partial charge in [-0.05, 0) is 13.3 Å². The zero-order valence-corrected chi connectivity index (χ0v) is 14.3. The Morgan fingerprint density at radius 3 is 2.92 bits per heavy atom. The fraction of sp³-hybridized carbons (Fsp3) is 0.400. The predicted molar refractivity (Wildman–Crippen MR) is 92.3 cm³/mol. The number of nitrogens with zero attached hydrogens (tertiary/aromatic N) is 6. The summed E-state index contributed by atoms with van der Waals surface area (Å²) >= 11 is 1.48. The first kappa shape index (κ1) is 15.0. The van der Waals surface area contributed by atoms with Crippen molar-refractivity contribution in [2.45, 2.75) is 39.7 Å². The molecule has 0 aromatic carbocycles. The van der Waals surface area contributed by atoms with Crippen molar-refractivity contribution in [3.05, 3.63) is 27.8 Å². The first-order chi connectivity index (χ1) is 11.7. The van der Waals surface area contributed by atoms with E-state index in [0.29, 0.717) is 28.6 Å². The van der Waals surface area contributed by atoms with Gasteiger partial charge in [0.25, 0.3) is 5.56 Å².